The number of ether oxygens (including phenoxy) is 3. The van der Waals surface area contributed by atoms with Crippen LogP contribution in [0.4, 0.5) is 0 Å². The topological polar surface area (TPSA) is 51.5 Å². The van der Waals surface area contributed by atoms with Gasteiger partial charge in [-0.05, 0) is 28.1 Å². The van der Waals surface area contributed by atoms with Crippen molar-refractivity contribution in [2.24, 2.45) is 0 Å². The molecule has 1 heterocycles. The molecule has 1 aliphatic rings. The maximum Gasteiger partial charge on any atom is 0.270 e. The van der Waals surface area contributed by atoms with Crippen LogP contribution in [0.3, 0.4) is 0 Å². The van der Waals surface area contributed by atoms with Crippen LogP contribution in [-0.2, 0) is 4.74 Å². The van der Waals surface area contributed by atoms with Crippen molar-refractivity contribution < 1.29 is 14.2 Å². The summed E-state index contributed by atoms with van der Waals surface area (Å²) < 4.78 is 14.9. The van der Waals surface area contributed by atoms with Gasteiger partial charge >= 0.3 is 0 Å². The van der Waals surface area contributed by atoms with Gasteiger partial charge in [-0.15, -0.1) is 0 Å². The van der Waals surface area contributed by atoms with Crippen molar-refractivity contribution in [1.29, 1.82) is 5.41 Å². The lowest BCUT2D eigenvalue weighted by atomic mass is 10.2. The Morgan fingerprint density at radius 1 is 1.47 bits per heavy atom. The maximum absolute atomic E-state index is 7.60. The summed E-state index contributed by atoms with van der Waals surface area (Å²) in [5.41, 5.74) is 0. The van der Waals surface area contributed by atoms with Crippen LogP contribution < -0.4 is 9.47 Å². The number of halogens is 1. The van der Waals surface area contributed by atoms with Gasteiger partial charge in [0.1, 0.15) is 6.61 Å². The van der Waals surface area contributed by atoms with Gasteiger partial charge in [0.25, 0.3) is 4.51 Å². The van der Waals surface area contributed by atoms with E-state index in [2.05, 4.69) is 15.9 Å². The summed E-state index contributed by atoms with van der Waals surface area (Å²) in [6, 6.07) is 7.31. The van der Waals surface area contributed by atoms with Gasteiger partial charge in [-0.3, -0.25) is 5.41 Å². The minimum absolute atomic E-state index is 0.0167. The Bertz CT molecular complexity index is 396. The third-order valence-electron chi connectivity index (χ3n) is 2.08. The molecule has 0 fully saturated rings. The van der Waals surface area contributed by atoms with Gasteiger partial charge in [-0.25, -0.2) is 0 Å². The zero-order chi connectivity index (χ0) is 10.9. The molecule has 2 rings (SSSR count). The number of nitrogens with one attached hydrogen (secondary N) is 1. The van der Waals surface area contributed by atoms with Gasteiger partial charge in [0.2, 0.25) is 5.90 Å². The first-order valence-electron chi connectivity index (χ1n) is 4.38. The summed E-state index contributed by atoms with van der Waals surface area (Å²) in [6.07, 6.45) is 0. The summed E-state index contributed by atoms with van der Waals surface area (Å²) in [5.74, 6) is 1.26. The number of rotatable bonds is 1. The molecule has 5 heteroatoms. The van der Waals surface area contributed by atoms with E-state index in [1.165, 1.54) is 7.11 Å². The van der Waals surface area contributed by atoms with Crippen molar-refractivity contribution >= 4 is 21.8 Å². The molecule has 0 spiro atoms. The van der Waals surface area contributed by atoms with Gasteiger partial charge in [0.05, 0.1) is 7.11 Å². The fourth-order valence-corrected chi connectivity index (χ4v) is 1.74. The van der Waals surface area contributed by atoms with E-state index in [0.717, 1.165) is 0 Å². The fourth-order valence-electron chi connectivity index (χ4n) is 1.29. The highest BCUT2D eigenvalue weighted by atomic mass is 79.9. The zero-order valence-electron chi connectivity index (χ0n) is 8.12. The second-order valence-electron chi connectivity index (χ2n) is 3.10. The van der Waals surface area contributed by atoms with Crippen LogP contribution >= 0.6 is 15.9 Å². The maximum atomic E-state index is 7.60. The van der Waals surface area contributed by atoms with Crippen LogP contribution in [0.15, 0.2) is 24.3 Å². The van der Waals surface area contributed by atoms with E-state index < -0.39 is 4.51 Å². The van der Waals surface area contributed by atoms with Crippen molar-refractivity contribution in [3.63, 3.8) is 0 Å². The Morgan fingerprint density at radius 3 is 2.80 bits per heavy atom. The van der Waals surface area contributed by atoms with E-state index in [4.69, 9.17) is 19.6 Å². The second kappa shape index (κ2) is 3.73. The lowest BCUT2D eigenvalue weighted by Gasteiger charge is -2.32. The van der Waals surface area contributed by atoms with Gasteiger partial charge in [0, 0.05) is 0 Å². The number of methoxy groups -OCH3 is 1. The molecule has 0 aromatic heterocycles. The van der Waals surface area contributed by atoms with Crippen molar-refractivity contribution in [3.05, 3.63) is 24.3 Å². The average molecular weight is 272 g/mol. The molecule has 80 valence electrons. The number of alkyl halides is 1. The number of benzene rings is 1. The molecule has 1 unspecified atom stereocenters. The SMILES string of the molecule is COC(=N)C1(Br)COc2ccccc2O1. The zero-order valence-corrected chi connectivity index (χ0v) is 9.71. The average Bonchev–Trinajstić information content (AvgIpc) is 2.27. The van der Waals surface area contributed by atoms with Crippen LogP contribution in [0.2, 0.25) is 0 Å². The molecule has 0 saturated carbocycles. The largest absolute Gasteiger partial charge is 0.484 e. The van der Waals surface area contributed by atoms with E-state index in [9.17, 15) is 0 Å². The molecule has 1 atom stereocenters. The quantitative estimate of drug-likeness (QED) is 0.484. The predicted octanol–water partition coefficient (Wildman–Crippen LogP) is 2.17. The van der Waals surface area contributed by atoms with E-state index in [-0.39, 0.29) is 12.5 Å². The first kappa shape index (κ1) is 10.3. The number of para-hydroxylation sites is 2. The fraction of sp³-hybridized carbons (Fsp3) is 0.300. The Labute approximate surface area is 95.8 Å². The van der Waals surface area contributed by atoms with Gasteiger partial charge < -0.3 is 14.2 Å². The summed E-state index contributed by atoms with van der Waals surface area (Å²) in [7, 11) is 1.43. The second-order valence-corrected chi connectivity index (χ2v) is 4.38. The van der Waals surface area contributed by atoms with E-state index >= 15 is 0 Å². The van der Waals surface area contributed by atoms with Crippen molar-refractivity contribution in [1.82, 2.24) is 0 Å². The highest BCUT2D eigenvalue weighted by molar-refractivity contribution is 9.10. The summed E-state index contributed by atoms with van der Waals surface area (Å²) in [5, 5.41) is 7.60. The van der Waals surface area contributed by atoms with E-state index in [1.54, 1.807) is 6.07 Å². The monoisotopic (exact) mass is 271 g/mol. The van der Waals surface area contributed by atoms with Crippen LogP contribution in [-0.4, -0.2) is 24.1 Å². The normalized spacial score (nSPS) is 23.3. The van der Waals surface area contributed by atoms with E-state index in [0.29, 0.717) is 11.5 Å². The van der Waals surface area contributed by atoms with Crippen LogP contribution in [0.25, 0.3) is 0 Å². The molecule has 1 aliphatic heterocycles. The number of hydrogen-bond acceptors (Lipinski definition) is 4. The summed E-state index contributed by atoms with van der Waals surface area (Å²) in [6.45, 7) is 0.205. The smallest absolute Gasteiger partial charge is 0.270 e. The number of fused-ring (bicyclic) bond motifs is 1. The minimum Gasteiger partial charge on any atom is -0.484 e. The molecular formula is C10H10BrNO3. The standard InChI is InChI=1S/C10H10BrNO3/c1-13-9(12)10(11)6-14-7-4-2-3-5-8(7)15-10/h2-5,12H,6H2,1H3. The summed E-state index contributed by atoms with van der Waals surface area (Å²) in [4.78, 5) is 0. The molecule has 1 aromatic rings. The Kier molecular flexibility index (Phi) is 2.56. The predicted molar refractivity (Wildman–Crippen MR) is 59.0 cm³/mol. The van der Waals surface area contributed by atoms with E-state index in [1.807, 2.05) is 18.2 Å². The molecule has 15 heavy (non-hydrogen) atoms. The first-order valence-corrected chi connectivity index (χ1v) is 5.18. The molecule has 4 nitrogen and oxygen atoms in total. The third-order valence-corrected chi connectivity index (χ3v) is 2.83. The van der Waals surface area contributed by atoms with Gasteiger partial charge in [-0.1, -0.05) is 12.1 Å². The van der Waals surface area contributed by atoms with Crippen molar-refractivity contribution in [2.45, 2.75) is 4.51 Å². The third kappa shape index (κ3) is 1.79. The Morgan fingerprint density at radius 2 is 2.13 bits per heavy atom. The minimum atomic E-state index is -1.02. The Hall–Kier alpha value is -1.23. The molecule has 0 radical (unpaired) electrons. The first-order chi connectivity index (χ1) is 7.15. The molecule has 1 aromatic carbocycles. The number of hydrogen-bond donors (Lipinski definition) is 1. The Balaban J connectivity index is 2.28. The molecule has 0 amide bonds. The van der Waals surface area contributed by atoms with Crippen molar-refractivity contribution in [3.8, 4) is 11.5 Å². The van der Waals surface area contributed by atoms with Crippen molar-refractivity contribution in [2.75, 3.05) is 13.7 Å². The molecule has 1 N–H and O–H groups in total. The summed E-state index contributed by atoms with van der Waals surface area (Å²) >= 11 is 3.29. The molecular weight excluding hydrogens is 262 g/mol. The molecule has 0 aliphatic carbocycles. The highest BCUT2D eigenvalue weighted by Crippen LogP contribution is 2.37. The van der Waals surface area contributed by atoms with Gasteiger partial charge in [-0.2, -0.15) is 0 Å². The lowest BCUT2D eigenvalue weighted by Crippen LogP contribution is -2.46. The van der Waals surface area contributed by atoms with Crippen LogP contribution in [0, 0.1) is 5.41 Å². The molecule has 0 bridgehead atoms. The molecule has 0 saturated heterocycles. The van der Waals surface area contributed by atoms with Gasteiger partial charge in [0.15, 0.2) is 11.5 Å². The van der Waals surface area contributed by atoms with Crippen LogP contribution in [0.5, 0.6) is 11.5 Å². The highest BCUT2D eigenvalue weighted by Gasteiger charge is 2.41. The van der Waals surface area contributed by atoms with Crippen LogP contribution in [0.1, 0.15) is 0 Å². The lowest BCUT2D eigenvalue weighted by molar-refractivity contribution is 0.0980.